The summed E-state index contributed by atoms with van der Waals surface area (Å²) in [6.45, 7) is 12.2. The standard InChI is InChI=1S/C21H24FNO.C15H14O2/c1-13(2)15(4)20-12-18(7-6-14(20)3)21(24)23-16(5)17-8-10-19(22)11-9-17;1-2-11-7-9-12(10-8-11)13-5-3-4-6-14(13)15(16)17/h6-12,16H,1-5H3,(H,23,24);3-10H,2H2,1H3,(H,16,17). The van der Waals surface area contributed by atoms with Crippen LogP contribution in [0, 0.1) is 12.7 Å². The first kappa shape index (κ1) is 31.0. The number of carbonyl (C=O) groups excluding carboxylic acids is 1. The highest BCUT2D eigenvalue weighted by Crippen LogP contribution is 2.25. The predicted octanol–water partition coefficient (Wildman–Crippen LogP) is 9.05. The van der Waals surface area contributed by atoms with Crippen molar-refractivity contribution in [1.29, 1.82) is 0 Å². The lowest BCUT2D eigenvalue weighted by Crippen LogP contribution is -2.26. The van der Waals surface area contributed by atoms with Gasteiger partial charge >= 0.3 is 5.97 Å². The fourth-order valence-corrected chi connectivity index (χ4v) is 4.39. The third-order valence-corrected chi connectivity index (χ3v) is 7.20. The maximum absolute atomic E-state index is 13.0. The van der Waals surface area contributed by atoms with Crippen molar-refractivity contribution in [2.45, 2.75) is 54.0 Å². The van der Waals surface area contributed by atoms with Crippen LogP contribution >= 0.6 is 0 Å². The van der Waals surface area contributed by atoms with E-state index in [-0.39, 0.29) is 17.8 Å². The summed E-state index contributed by atoms with van der Waals surface area (Å²) in [5.74, 6) is -1.30. The molecule has 41 heavy (non-hydrogen) atoms. The van der Waals surface area contributed by atoms with E-state index >= 15 is 0 Å². The molecule has 0 spiro atoms. The van der Waals surface area contributed by atoms with Gasteiger partial charge in [0.25, 0.3) is 5.91 Å². The van der Waals surface area contributed by atoms with Gasteiger partial charge in [0.05, 0.1) is 11.6 Å². The predicted molar refractivity (Wildman–Crippen MR) is 166 cm³/mol. The van der Waals surface area contributed by atoms with Crippen molar-refractivity contribution < 1.29 is 19.1 Å². The SMILES string of the molecule is CC(C)=C(C)c1cc(C(=O)NC(C)c2ccc(F)cc2)ccc1C.CCc1ccc(-c2ccccc2C(=O)O)cc1. The summed E-state index contributed by atoms with van der Waals surface area (Å²) < 4.78 is 13.0. The molecule has 0 fully saturated rings. The van der Waals surface area contributed by atoms with Gasteiger partial charge in [0, 0.05) is 5.56 Å². The molecule has 1 atom stereocenters. The van der Waals surface area contributed by atoms with Gasteiger partial charge < -0.3 is 10.4 Å². The quantitative estimate of drug-likeness (QED) is 0.241. The summed E-state index contributed by atoms with van der Waals surface area (Å²) in [4.78, 5) is 23.7. The van der Waals surface area contributed by atoms with Crippen molar-refractivity contribution in [2.24, 2.45) is 0 Å². The molecule has 4 aromatic rings. The molecule has 5 heteroatoms. The van der Waals surface area contributed by atoms with E-state index in [1.165, 1.54) is 28.8 Å². The number of rotatable bonds is 7. The number of hydrogen-bond acceptors (Lipinski definition) is 2. The van der Waals surface area contributed by atoms with Gasteiger partial charge in [-0.2, -0.15) is 0 Å². The lowest BCUT2D eigenvalue weighted by atomic mass is 9.96. The molecular weight excluding hydrogens is 513 g/mol. The Bertz CT molecular complexity index is 1530. The molecule has 0 saturated carbocycles. The van der Waals surface area contributed by atoms with E-state index in [0.717, 1.165) is 34.2 Å². The van der Waals surface area contributed by atoms with Crippen molar-refractivity contribution in [3.8, 4) is 11.1 Å². The topological polar surface area (TPSA) is 66.4 Å². The van der Waals surface area contributed by atoms with E-state index < -0.39 is 5.97 Å². The van der Waals surface area contributed by atoms with Crippen LogP contribution in [0.2, 0.25) is 0 Å². The molecule has 212 valence electrons. The molecule has 0 aliphatic heterocycles. The molecule has 0 aromatic heterocycles. The number of carboxylic acids is 1. The summed E-state index contributed by atoms with van der Waals surface area (Å²) in [7, 11) is 0. The summed E-state index contributed by atoms with van der Waals surface area (Å²) in [5, 5.41) is 12.1. The van der Waals surface area contributed by atoms with Crippen molar-refractivity contribution in [3.63, 3.8) is 0 Å². The molecule has 4 aromatic carbocycles. The maximum atomic E-state index is 13.0. The van der Waals surface area contributed by atoms with Crippen LogP contribution in [0.25, 0.3) is 16.7 Å². The Balaban J connectivity index is 0.000000239. The number of benzene rings is 4. The van der Waals surface area contributed by atoms with Crippen molar-refractivity contribution in [3.05, 3.63) is 136 Å². The fraction of sp³-hybridized carbons (Fsp3) is 0.222. The molecule has 0 radical (unpaired) electrons. The minimum Gasteiger partial charge on any atom is -0.478 e. The van der Waals surface area contributed by atoms with Crippen LogP contribution in [0.15, 0.2) is 96.6 Å². The van der Waals surface area contributed by atoms with E-state index in [0.29, 0.717) is 11.1 Å². The Labute approximate surface area is 242 Å². The molecule has 0 bridgehead atoms. The highest BCUT2D eigenvalue weighted by molar-refractivity contribution is 5.96. The molecule has 4 rings (SSSR count). The van der Waals surface area contributed by atoms with Gasteiger partial charge in [-0.1, -0.05) is 73.2 Å². The average Bonchev–Trinajstić information content (AvgIpc) is 2.97. The highest BCUT2D eigenvalue weighted by Gasteiger charge is 2.14. The Morgan fingerprint density at radius 2 is 1.49 bits per heavy atom. The first-order valence-electron chi connectivity index (χ1n) is 13.7. The van der Waals surface area contributed by atoms with Gasteiger partial charge in [-0.05, 0) is 110 Å². The second kappa shape index (κ2) is 14.2. The van der Waals surface area contributed by atoms with Gasteiger partial charge in [-0.25, -0.2) is 9.18 Å². The fourth-order valence-electron chi connectivity index (χ4n) is 4.39. The molecule has 2 N–H and O–H groups in total. The number of aryl methyl sites for hydroxylation is 2. The van der Waals surface area contributed by atoms with Gasteiger partial charge in [-0.3, -0.25) is 4.79 Å². The van der Waals surface area contributed by atoms with Crippen LogP contribution < -0.4 is 5.32 Å². The number of amides is 1. The van der Waals surface area contributed by atoms with Gasteiger partial charge in [0.1, 0.15) is 5.82 Å². The number of carboxylic acid groups (broad SMARTS) is 1. The van der Waals surface area contributed by atoms with E-state index in [2.05, 4.69) is 33.0 Å². The molecule has 0 aliphatic carbocycles. The zero-order valence-electron chi connectivity index (χ0n) is 24.6. The van der Waals surface area contributed by atoms with Crippen LogP contribution in [0.1, 0.15) is 83.6 Å². The molecule has 1 unspecified atom stereocenters. The average molecular weight is 552 g/mol. The third kappa shape index (κ3) is 8.24. The maximum Gasteiger partial charge on any atom is 0.336 e. The molecule has 0 aliphatic rings. The Hall–Kier alpha value is -4.51. The van der Waals surface area contributed by atoms with E-state index in [1.807, 2.05) is 68.4 Å². The second-order valence-corrected chi connectivity index (χ2v) is 10.3. The third-order valence-electron chi connectivity index (χ3n) is 7.20. The van der Waals surface area contributed by atoms with E-state index in [1.54, 1.807) is 24.3 Å². The Morgan fingerprint density at radius 1 is 0.854 bits per heavy atom. The number of allylic oxidation sites excluding steroid dienone is 2. The lowest BCUT2D eigenvalue weighted by Gasteiger charge is -2.16. The monoisotopic (exact) mass is 551 g/mol. The first-order valence-corrected chi connectivity index (χ1v) is 13.7. The smallest absolute Gasteiger partial charge is 0.336 e. The molecule has 0 saturated heterocycles. The number of nitrogens with one attached hydrogen (secondary N) is 1. The number of hydrogen-bond donors (Lipinski definition) is 2. The highest BCUT2D eigenvalue weighted by atomic mass is 19.1. The summed E-state index contributed by atoms with van der Waals surface area (Å²) in [6, 6.07) is 26.8. The normalized spacial score (nSPS) is 11.1. The van der Waals surface area contributed by atoms with E-state index in [9.17, 15) is 14.0 Å². The Morgan fingerprint density at radius 3 is 2.07 bits per heavy atom. The molecule has 0 heterocycles. The zero-order chi connectivity index (χ0) is 30.1. The molecular formula is C36H38FNO3. The minimum atomic E-state index is -0.889. The van der Waals surface area contributed by atoms with Crippen molar-refractivity contribution in [2.75, 3.05) is 0 Å². The lowest BCUT2D eigenvalue weighted by molar-refractivity contribution is 0.0697. The van der Waals surface area contributed by atoms with Crippen molar-refractivity contribution in [1.82, 2.24) is 5.32 Å². The number of carbonyl (C=O) groups is 2. The van der Waals surface area contributed by atoms with Crippen LogP contribution in [0.5, 0.6) is 0 Å². The van der Waals surface area contributed by atoms with Crippen LogP contribution in [-0.2, 0) is 6.42 Å². The summed E-state index contributed by atoms with van der Waals surface area (Å²) >= 11 is 0. The van der Waals surface area contributed by atoms with Gasteiger partial charge in [-0.15, -0.1) is 0 Å². The second-order valence-electron chi connectivity index (χ2n) is 10.3. The molecule has 4 nitrogen and oxygen atoms in total. The van der Waals surface area contributed by atoms with Crippen LogP contribution in [0.3, 0.4) is 0 Å². The molecule has 1 amide bonds. The summed E-state index contributed by atoms with van der Waals surface area (Å²) in [6.07, 6.45) is 0.987. The zero-order valence-corrected chi connectivity index (χ0v) is 24.6. The first-order chi connectivity index (χ1) is 19.5. The largest absolute Gasteiger partial charge is 0.478 e. The van der Waals surface area contributed by atoms with Crippen molar-refractivity contribution >= 4 is 17.4 Å². The number of halogens is 1. The summed E-state index contributed by atoms with van der Waals surface area (Å²) in [5.41, 5.74) is 9.47. The van der Waals surface area contributed by atoms with Crippen LogP contribution in [0.4, 0.5) is 4.39 Å². The van der Waals surface area contributed by atoms with Gasteiger partial charge in [0.2, 0.25) is 0 Å². The van der Waals surface area contributed by atoms with Crippen LogP contribution in [-0.4, -0.2) is 17.0 Å². The Kier molecular flexibility index (Phi) is 10.8. The number of aromatic carboxylic acids is 1. The minimum absolute atomic E-state index is 0.130. The van der Waals surface area contributed by atoms with Gasteiger partial charge in [0.15, 0.2) is 0 Å². The van der Waals surface area contributed by atoms with E-state index in [4.69, 9.17) is 5.11 Å².